The van der Waals surface area contributed by atoms with E-state index in [0.717, 1.165) is 0 Å². The Hall–Kier alpha value is -1.45. The molecule has 4 heteroatoms. The molecule has 52 valence electrons. The lowest BCUT2D eigenvalue weighted by atomic mass is 10.3. The van der Waals surface area contributed by atoms with Crippen LogP contribution in [0, 0.1) is 12.3 Å². The van der Waals surface area contributed by atoms with Crippen LogP contribution in [0.3, 0.4) is 0 Å². The maximum absolute atomic E-state index is 7.05. The molecular weight excluding hydrogens is 128 g/mol. The first-order valence-electron chi connectivity index (χ1n) is 2.84. The van der Waals surface area contributed by atoms with E-state index in [1.807, 2.05) is 0 Å². The number of amidine groups is 1. The number of hydrogen-bond acceptors (Lipinski definition) is 3. The minimum absolute atomic E-state index is 0.0365. The van der Waals surface area contributed by atoms with Crippen LogP contribution >= 0.6 is 0 Å². The van der Waals surface area contributed by atoms with E-state index in [2.05, 4.69) is 9.97 Å². The van der Waals surface area contributed by atoms with Gasteiger partial charge in [0.15, 0.2) is 0 Å². The fourth-order valence-corrected chi connectivity index (χ4v) is 0.672. The lowest BCUT2D eigenvalue weighted by molar-refractivity contribution is 1.09. The van der Waals surface area contributed by atoms with Crippen molar-refractivity contribution in [1.29, 1.82) is 5.41 Å². The first-order valence-corrected chi connectivity index (χ1v) is 2.84. The van der Waals surface area contributed by atoms with Crippen molar-refractivity contribution in [2.45, 2.75) is 6.92 Å². The smallest absolute Gasteiger partial charge is 0.143 e. The zero-order chi connectivity index (χ0) is 7.56. The standard InChI is InChI=1S/C6H8N4/c1-4-5(6(7)8)10-3-2-9-4/h2-3H,1H3,(H3,7,8). The Morgan fingerprint density at radius 3 is 2.50 bits per heavy atom. The molecule has 1 heterocycles. The van der Waals surface area contributed by atoms with Gasteiger partial charge in [-0.3, -0.25) is 10.4 Å². The maximum Gasteiger partial charge on any atom is 0.143 e. The van der Waals surface area contributed by atoms with E-state index < -0.39 is 0 Å². The predicted molar refractivity (Wildman–Crippen MR) is 37.8 cm³/mol. The van der Waals surface area contributed by atoms with Crippen LogP contribution in [0.15, 0.2) is 12.4 Å². The molecular formula is C6H8N4. The molecule has 0 fully saturated rings. The molecule has 0 radical (unpaired) electrons. The highest BCUT2D eigenvalue weighted by molar-refractivity contribution is 5.93. The van der Waals surface area contributed by atoms with Gasteiger partial charge in [-0.15, -0.1) is 0 Å². The van der Waals surface area contributed by atoms with Crippen LogP contribution in [0.5, 0.6) is 0 Å². The van der Waals surface area contributed by atoms with Crippen LogP contribution in [0.2, 0.25) is 0 Å². The lowest BCUT2D eigenvalue weighted by Gasteiger charge is -1.97. The van der Waals surface area contributed by atoms with Crippen LogP contribution in [0.4, 0.5) is 0 Å². The van der Waals surface area contributed by atoms with Crippen LogP contribution in [0.1, 0.15) is 11.4 Å². The van der Waals surface area contributed by atoms with Gasteiger partial charge in [-0.2, -0.15) is 0 Å². The van der Waals surface area contributed by atoms with E-state index in [4.69, 9.17) is 11.1 Å². The fraction of sp³-hybridized carbons (Fsp3) is 0.167. The number of hydrogen-bond donors (Lipinski definition) is 2. The average Bonchev–Trinajstić information content (AvgIpc) is 1.88. The predicted octanol–water partition coefficient (Wildman–Crippen LogP) is 0.0691. The van der Waals surface area contributed by atoms with Gasteiger partial charge >= 0.3 is 0 Å². The van der Waals surface area contributed by atoms with Crippen molar-refractivity contribution in [2.75, 3.05) is 0 Å². The lowest BCUT2D eigenvalue weighted by Crippen LogP contribution is -2.15. The molecule has 0 bridgehead atoms. The molecule has 1 rings (SSSR count). The Bertz CT molecular complexity index is 256. The number of aromatic nitrogens is 2. The van der Waals surface area contributed by atoms with Gasteiger partial charge in [-0.25, -0.2) is 4.98 Å². The van der Waals surface area contributed by atoms with Gasteiger partial charge in [-0.1, -0.05) is 0 Å². The van der Waals surface area contributed by atoms with Crippen molar-refractivity contribution in [3.63, 3.8) is 0 Å². The third kappa shape index (κ3) is 1.10. The zero-order valence-corrected chi connectivity index (χ0v) is 5.63. The third-order valence-electron chi connectivity index (χ3n) is 1.14. The summed E-state index contributed by atoms with van der Waals surface area (Å²) in [7, 11) is 0. The van der Waals surface area contributed by atoms with Gasteiger partial charge in [0.25, 0.3) is 0 Å². The summed E-state index contributed by atoms with van der Waals surface area (Å²) in [6, 6.07) is 0. The largest absolute Gasteiger partial charge is 0.382 e. The monoisotopic (exact) mass is 136 g/mol. The molecule has 1 aromatic heterocycles. The van der Waals surface area contributed by atoms with Crippen molar-refractivity contribution in [1.82, 2.24) is 9.97 Å². The normalized spacial score (nSPS) is 9.30. The number of aryl methyl sites for hydroxylation is 1. The Labute approximate surface area is 58.6 Å². The summed E-state index contributed by atoms with van der Waals surface area (Å²) in [5, 5.41) is 7.05. The summed E-state index contributed by atoms with van der Waals surface area (Å²) in [5.41, 5.74) is 6.35. The van der Waals surface area contributed by atoms with E-state index in [1.54, 1.807) is 13.1 Å². The molecule has 0 aliphatic carbocycles. The highest BCUT2D eigenvalue weighted by atomic mass is 14.9. The molecule has 0 atom stereocenters. The summed E-state index contributed by atoms with van der Waals surface area (Å²) in [6.07, 6.45) is 3.09. The van der Waals surface area contributed by atoms with Crippen LogP contribution in [0.25, 0.3) is 0 Å². The molecule has 1 aromatic rings. The molecule has 10 heavy (non-hydrogen) atoms. The molecule has 4 nitrogen and oxygen atoms in total. The summed E-state index contributed by atoms with van der Waals surface area (Å²) >= 11 is 0. The zero-order valence-electron chi connectivity index (χ0n) is 5.63. The number of nitrogens with zero attached hydrogens (tertiary/aromatic N) is 2. The second-order valence-corrected chi connectivity index (χ2v) is 1.90. The molecule has 3 N–H and O–H groups in total. The number of nitrogens with one attached hydrogen (secondary N) is 1. The van der Waals surface area contributed by atoms with Crippen molar-refractivity contribution < 1.29 is 0 Å². The topological polar surface area (TPSA) is 75.7 Å². The van der Waals surface area contributed by atoms with Crippen LogP contribution < -0.4 is 5.73 Å². The molecule has 0 aromatic carbocycles. The van der Waals surface area contributed by atoms with Crippen LogP contribution in [-0.4, -0.2) is 15.8 Å². The SMILES string of the molecule is Cc1nccnc1C(=N)N. The van der Waals surface area contributed by atoms with Crippen molar-refractivity contribution in [2.24, 2.45) is 5.73 Å². The summed E-state index contributed by atoms with van der Waals surface area (Å²) < 4.78 is 0. The highest BCUT2D eigenvalue weighted by Gasteiger charge is 2.00. The molecule has 0 aliphatic heterocycles. The van der Waals surface area contributed by atoms with Gasteiger partial charge in [0.2, 0.25) is 0 Å². The summed E-state index contributed by atoms with van der Waals surface area (Å²) in [4.78, 5) is 7.78. The Kier molecular flexibility index (Phi) is 1.62. The van der Waals surface area contributed by atoms with Gasteiger partial charge in [-0.05, 0) is 6.92 Å². The number of nitrogen functional groups attached to an aromatic ring is 1. The van der Waals surface area contributed by atoms with Gasteiger partial charge in [0.05, 0.1) is 5.69 Å². The number of rotatable bonds is 1. The quantitative estimate of drug-likeness (QED) is 0.423. The minimum Gasteiger partial charge on any atom is -0.382 e. The Morgan fingerprint density at radius 1 is 1.50 bits per heavy atom. The Balaban J connectivity index is 3.15. The second kappa shape index (κ2) is 2.43. The first-order chi connectivity index (χ1) is 4.72. The van der Waals surface area contributed by atoms with Crippen molar-refractivity contribution >= 4 is 5.84 Å². The highest BCUT2D eigenvalue weighted by Crippen LogP contribution is 1.95. The van der Waals surface area contributed by atoms with E-state index in [1.165, 1.54) is 6.20 Å². The molecule has 0 amide bonds. The van der Waals surface area contributed by atoms with Crippen molar-refractivity contribution in [3.8, 4) is 0 Å². The Morgan fingerprint density at radius 2 is 2.10 bits per heavy atom. The van der Waals surface area contributed by atoms with Gasteiger partial charge < -0.3 is 5.73 Å². The number of nitrogens with two attached hydrogens (primary N) is 1. The molecule has 0 spiro atoms. The maximum atomic E-state index is 7.05. The van der Waals surface area contributed by atoms with E-state index in [9.17, 15) is 0 Å². The van der Waals surface area contributed by atoms with E-state index >= 15 is 0 Å². The second-order valence-electron chi connectivity index (χ2n) is 1.90. The van der Waals surface area contributed by atoms with E-state index in [-0.39, 0.29) is 5.84 Å². The van der Waals surface area contributed by atoms with E-state index in [0.29, 0.717) is 11.4 Å². The molecule has 0 saturated heterocycles. The summed E-state index contributed by atoms with van der Waals surface area (Å²) in [6.45, 7) is 1.77. The molecule has 0 unspecified atom stereocenters. The van der Waals surface area contributed by atoms with Crippen molar-refractivity contribution in [3.05, 3.63) is 23.8 Å². The fourth-order valence-electron chi connectivity index (χ4n) is 0.672. The molecule has 0 aliphatic rings. The molecule has 0 saturated carbocycles. The average molecular weight is 136 g/mol. The minimum atomic E-state index is -0.0365. The third-order valence-corrected chi connectivity index (χ3v) is 1.14. The van der Waals surface area contributed by atoms with Gasteiger partial charge in [0.1, 0.15) is 11.5 Å². The first kappa shape index (κ1) is 6.67. The summed E-state index contributed by atoms with van der Waals surface area (Å²) in [5.74, 6) is -0.0365. The van der Waals surface area contributed by atoms with Gasteiger partial charge in [0, 0.05) is 12.4 Å². The van der Waals surface area contributed by atoms with Crippen LogP contribution in [-0.2, 0) is 0 Å².